The van der Waals surface area contributed by atoms with Crippen LogP contribution in [0.25, 0.3) is 10.6 Å². The second-order valence-electron chi connectivity index (χ2n) is 3.24. The molecule has 0 radical (unpaired) electrons. The number of rotatable bonds is 2. The van der Waals surface area contributed by atoms with E-state index in [-0.39, 0.29) is 14.9 Å². The number of sulfone groups is 1. The molecule has 1 aromatic heterocycles. The molecule has 0 aliphatic carbocycles. The molecular weight excluding hydrogens is 270 g/mol. The van der Waals surface area contributed by atoms with E-state index in [9.17, 15) is 17.2 Å². The summed E-state index contributed by atoms with van der Waals surface area (Å²) in [5.41, 5.74) is -0.361. The maximum absolute atomic E-state index is 13.4. The fourth-order valence-electron chi connectivity index (χ4n) is 1.16. The molecule has 2 rings (SSSR count). The first-order valence-corrected chi connectivity index (χ1v) is 7.08. The third kappa shape index (κ3) is 2.32. The highest BCUT2D eigenvalue weighted by Crippen LogP contribution is 2.29. The van der Waals surface area contributed by atoms with Gasteiger partial charge in [-0.05, 0) is 12.1 Å². The summed E-state index contributed by atoms with van der Waals surface area (Å²) in [6, 6.07) is 3.35. The Kier molecular flexibility index (Phi) is 2.92. The quantitative estimate of drug-likeness (QED) is 0.840. The van der Waals surface area contributed by atoms with Crippen LogP contribution in [0.3, 0.4) is 0 Å². The molecule has 0 unspecified atom stereocenters. The van der Waals surface area contributed by atoms with Gasteiger partial charge in [-0.3, -0.25) is 0 Å². The molecule has 0 atom stereocenters. The highest BCUT2D eigenvalue weighted by molar-refractivity contribution is 7.92. The maximum atomic E-state index is 13.4. The predicted octanol–water partition coefficient (Wildman–Crippen LogP) is 1.89. The molecule has 0 saturated heterocycles. The van der Waals surface area contributed by atoms with Crippen LogP contribution in [-0.2, 0) is 9.84 Å². The van der Waals surface area contributed by atoms with Crippen molar-refractivity contribution in [3.8, 4) is 10.6 Å². The van der Waals surface area contributed by atoms with Crippen molar-refractivity contribution in [2.24, 2.45) is 0 Å². The van der Waals surface area contributed by atoms with Gasteiger partial charge in [0.05, 0.1) is 5.56 Å². The van der Waals surface area contributed by atoms with Crippen LogP contribution < -0.4 is 0 Å². The molecule has 1 aromatic carbocycles. The molecule has 1 heterocycles. The third-order valence-electron chi connectivity index (χ3n) is 1.90. The van der Waals surface area contributed by atoms with Crippen molar-refractivity contribution in [1.29, 1.82) is 0 Å². The van der Waals surface area contributed by atoms with Crippen molar-refractivity contribution in [3.05, 3.63) is 29.8 Å². The second-order valence-corrected chi connectivity index (χ2v) is 6.41. The Bertz CT molecular complexity index is 647. The van der Waals surface area contributed by atoms with E-state index in [2.05, 4.69) is 10.2 Å². The number of hydrogen-bond donors (Lipinski definition) is 0. The minimum atomic E-state index is -3.52. The Hall–Kier alpha value is -1.41. The number of halogens is 2. The fraction of sp³-hybridized carbons (Fsp3) is 0.111. The lowest BCUT2D eigenvalue weighted by atomic mass is 10.2. The van der Waals surface area contributed by atoms with E-state index in [1.165, 1.54) is 6.07 Å². The zero-order valence-corrected chi connectivity index (χ0v) is 10.1. The van der Waals surface area contributed by atoms with E-state index in [1.54, 1.807) is 0 Å². The Balaban J connectivity index is 2.59. The molecule has 90 valence electrons. The Morgan fingerprint density at radius 1 is 1.18 bits per heavy atom. The molecule has 0 N–H and O–H groups in total. The van der Waals surface area contributed by atoms with E-state index < -0.39 is 21.5 Å². The van der Waals surface area contributed by atoms with Crippen LogP contribution in [-0.4, -0.2) is 24.9 Å². The summed E-state index contributed by atoms with van der Waals surface area (Å²) in [6.07, 6.45) is 0.953. The minimum absolute atomic E-state index is 0.0963. The van der Waals surface area contributed by atoms with Gasteiger partial charge in [0.15, 0.2) is 5.01 Å². The number of nitrogens with zero attached hydrogens (tertiary/aromatic N) is 2. The first kappa shape index (κ1) is 12.1. The van der Waals surface area contributed by atoms with Crippen LogP contribution in [0.2, 0.25) is 0 Å². The standard InChI is InChI=1S/C9H6F2N2O2S2/c1-17(14,15)9-13-12-8(16-9)7-5(10)3-2-4-6(7)11/h2-4H,1H3. The first-order chi connectivity index (χ1) is 7.89. The largest absolute Gasteiger partial charge is 0.232 e. The molecule has 0 aliphatic heterocycles. The molecule has 0 bridgehead atoms. The molecule has 2 aromatic rings. The third-order valence-corrected chi connectivity index (χ3v) is 4.51. The number of benzene rings is 1. The smallest absolute Gasteiger partial charge is 0.221 e. The summed E-state index contributed by atoms with van der Waals surface area (Å²) in [5.74, 6) is -1.61. The Labute approximate surface area is 99.9 Å². The van der Waals surface area contributed by atoms with Crippen LogP contribution >= 0.6 is 11.3 Å². The van der Waals surface area contributed by atoms with Crippen LogP contribution in [0.4, 0.5) is 8.78 Å². The van der Waals surface area contributed by atoms with E-state index in [4.69, 9.17) is 0 Å². The van der Waals surface area contributed by atoms with Gasteiger partial charge in [0.1, 0.15) is 11.6 Å². The molecular formula is C9H6F2N2O2S2. The van der Waals surface area contributed by atoms with Crippen molar-refractivity contribution in [2.75, 3.05) is 6.26 Å². The molecule has 0 aliphatic rings. The first-order valence-electron chi connectivity index (χ1n) is 4.37. The fourth-order valence-corrected chi connectivity index (χ4v) is 2.82. The monoisotopic (exact) mass is 276 g/mol. The molecule has 17 heavy (non-hydrogen) atoms. The van der Waals surface area contributed by atoms with Crippen molar-refractivity contribution in [3.63, 3.8) is 0 Å². The van der Waals surface area contributed by atoms with Crippen LogP contribution in [0.5, 0.6) is 0 Å². The summed E-state index contributed by atoms with van der Waals surface area (Å²) >= 11 is 0.631. The zero-order valence-electron chi connectivity index (χ0n) is 8.52. The van der Waals surface area contributed by atoms with Crippen molar-refractivity contribution < 1.29 is 17.2 Å². The predicted molar refractivity (Wildman–Crippen MR) is 58.4 cm³/mol. The van der Waals surface area contributed by atoms with Gasteiger partial charge in [0.25, 0.3) is 0 Å². The maximum Gasteiger partial charge on any atom is 0.232 e. The summed E-state index contributed by atoms with van der Waals surface area (Å²) in [7, 11) is -3.52. The van der Waals surface area contributed by atoms with Crippen molar-refractivity contribution in [2.45, 2.75) is 4.34 Å². The Morgan fingerprint density at radius 2 is 1.76 bits per heavy atom. The van der Waals surface area contributed by atoms with Gasteiger partial charge >= 0.3 is 0 Å². The lowest BCUT2D eigenvalue weighted by Crippen LogP contribution is -1.95. The van der Waals surface area contributed by atoms with Crippen molar-refractivity contribution >= 4 is 21.2 Å². The van der Waals surface area contributed by atoms with Gasteiger partial charge in [-0.25, -0.2) is 17.2 Å². The molecule has 4 nitrogen and oxygen atoms in total. The summed E-state index contributed by atoms with van der Waals surface area (Å²) in [6.45, 7) is 0. The SMILES string of the molecule is CS(=O)(=O)c1nnc(-c2c(F)cccc2F)s1. The summed E-state index contributed by atoms with van der Waals surface area (Å²) in [5, 5.41) is 6.78. The number of hydrogen-bond acceptors (Lipinski definition) is 5. The molecule has 8 heteroatoms. The van der Waals surface area contributed by atoms with Crippen molar-refractivity contribution in [1.82, 2.24) is 10.2 Å². The zero-order chi connectivity index (χ0) is 12.6. The topological polar surface area (TPSA) is 59.9 Å². The Morgan fingerprint density at radius 3 is 2.24 bits per heavy atom. The van der Waals surface area contributed by atoms with E-state index in [0.29, 0.717) is 11.3 Å². The second kappa shape index (κ2) is 4.11. The van der Waals surface area contributed by atoms with E-state index >= 15 is 0 Å². The summed E-state index contributed by atoms with van der Waals surface area (Å²) < 4.78 is 48.9. The molecule has 0 spiro atoms. The lowest BCUT2D eigenvalue weighted by Gasteiger charge is -1.98. The normalized spacial score (nSPS) is 11.7. The average molecular weight is 276 g/mol. The van der Waals surface area contributed by atoms with Gasteiger partial charge in [-0.2, -0.15) is 0 Å². The van der Waals surface area contributed by atoms with Gasteiger partial charge in [0, 0.05) is 6.26 Å². The van der Waals surface area contributed by atoms with Crippen LogP contribution in [0.1, 0.15) is 0 Å². The minimum Gasteiger partial charge on any atom is -0.221 e. The average Bonchev–Trinajstić information content (AvgIpc) is 2.65. The van der Waals surface area contributed by atoms with E-state index in [0.717, 1.165) is 18.4 Å². The van der Waals surface area contributed by atoms with Crippen LogP contribution in [0.15, 0.2) is 22.5 Å². The molecule has 0 saturated carbocycles. The molecule has 0 amide bonds. The van der Waals surface area contributed by atoms with Crippen LogP contribution in [0, 0.1) is 11.6 Å². The van der Waals surface area contributed by atoms with Gasteiger partial charge in [-0.15, -0.1) is 10.2 Å². The highest BCUT2D eigenvalue weighted by Gasteiger charge is 2.19. The number of aromatic nitrogens is 2. The van der Waals surface area contributed by atoms with Gasteiger partial charge in [-0.1, -0.05) is 17.4 Å². The lowest BCUT2D eigenvalue weighted by molar-refractivity contribution is 0.589. The summed E-state index contributed by atoms with van der Waals surface area (Å²) in [4.78, 5) is 0. The van der Waals surface area contributed by atoms with Gasteiger partial charge in [0.2, 0.25) is 14.2 Å². The highest BCUT2D eigenvalue weighted by atomic mass is 32.2. The van der Waals surface area contributed by atoms with E-state index in [1.807, 2.05) is 0 Å². The molecule has 0 fully saturated rings. The van der Waals surface area contributed by atoms with Gasteiger partial charge < -0.3 is 0 Å².